The smallest absolute Gasteiger partial charge is 0.329 e. The van der Waals surface area contributed by atoms with Gasteiger partial charge in [0.1, 0.15) is 5.54 Å². The number of carbonyl (C=O) groups is 2. The van der Waals surface area contributed by atoms with Crippen LogP contribution in [-0.4, -0.2) is 22.5 Å². The van der Waals surface area contributed by atoms with Gasteiger partial charge in [-0.3, -0.25) is 4.79 Å². The highest BCUT2D eigenvalue weighted by Crippen LogP contribution is 2.30. The van der Waals surface area contributed by atoms with Crippen LogP contribution in [0.5, 0.6) is 0 Å². The molecule has 1 aromatic carbocycles. The zero-order valence-electron chi connectivity index (χ0n) is 12.0. The third kappa shape index (κ3) is 3.18. The number of carboxylic acids is 1. The third-order valence-corrected chi connectivity index (χ3v) is 3.89. The number of rotatable bonds is 4. The normalized spacial score (nSPS) is 16.9. The van der Waals surface area contributed by atoms with Crippen molar-refractivity contribution in [3.63, 3.8) is 0 Å². The second-order valence-corrected chi connectivity index (χ2v) is 5.82. The van der Waals surface area contributed by atoms with Crippen LogP contribution < -0.4 is 5.32 Å². The number of nitrogens with one attached hydrogen (secondary N) is 1. The molecule has 1 amide bonds. The Hall–Kier alpha value is -1.84. The zero-order valence-corrected chi connectivity index (χ0v) is 12.0. The lowest BCUT2D eigenvalue weighted by Gasteiger charge is -2.25. The molecule has 2 N–H and O–H groups in total. The fraction of sp³-hybridized carbons (Fsp3) is 0.500. The second-order valence-electron chi connectivity index (χ2n) is 5.82. The number of amides is 1. The fourth-order valence-electron chi connectivity index (χ4n) is 3.04. The molecule has 0 unspecified atom stereocenters. The highest BCUT2D eigenvalue weighted by molar-refractivity contribution is 5.88. The zero-order chi connectivity index (χ0) is 14.8. The minimum atomic E-state index is -1.05. The Labute approximate surface area is 119 Å². The predicted octanol–water partition coefficient (Wildman–Crippen LogP) is 2.36. The molecule has 0 radical (unpaired) electrons. The molecular formula is C16H21NO3. The average Bonchev–Trinajstić information content (AvgIpc) is 2.76. The average molecular weight is 275 g/mol. The van der Waals surface area contributed by atoms with Crippen molar-refractivity contribution < 1.29 is 14.7 Å². The Morgan fingerprint density at radius 2 is 1.70 bits per heavy atom. The van der Waals surface area contributed by atoms with Crippen LogP contribution in [0.25, 0.3) is 0 Å². The number of hydrogen-bond donors (Lipinski definition) is 2. The van der Waals surface area contributed by atoms with Crippen LogP contribution in [0.15, 0.2) is 18.2 Å². The SMILES string of the molecule is Cc1cc(C)cc(CC(=O)NC2(C(=O)O)CCCC2)c1. The maximum absolute atomic E-state index is 12.1. The van der Waals surface area contributed by atoms with Crippen molar-refractivity contribution in [2.24, 2.45) is 0 Å². The standard InChI is InChI=1S/C16H21NO3/c1-11-7-12(2)9-13(8-11)10-14(18)17-16(15(19)20)5-3-4-6-16/h7-9H,3-6,10H2,1-2H3,(H,17,18)(H,19,20). The van der Waals surface area contributed by atoms with E-state index in [-0.39, 0.29) is 12.3 Å². The summed E-state index contributed by atoms with van der Waals surface area (Å²) in [7, 11) is 0. The molecule has 0 aromatic heterocycles. The Balaban J connectivity index is 2.06. The Kier molecular flexibility index (Phi) is 4.12. The predicted molar refractivity (Wildman–Crippen MR) is 76.6 cm³/mol. The molecule has 2 rings (SSSR count). The summed E-state index contributed by atoms with van der Waals surface area (Å²) in [6, 6.07) is 5.99. The number of hydrogen-bond acceptors (Lipinski definition) is 2. The first-order valence-corrected chi connectivity index (χ1v) is 7.03. The molecule has 1 aliphatic carbocycles. The number of benzene rings is 1. The van der Waals surface area contributed by atoms with Crippen molar-refractivity contribution in [1.82, 2.24) is 5.32 Å². The van der Waals surface area contributed by atoms with Crippen LogP contribution in [0.4, 0.5) is 0 Å². The Morgan fingerprint density at radius 3 is 2.20 bits per heavy atom. The lowest BCUT2D eigenvalue weighted by Crippen LogP contribution is -2.52. The molecular weight excluding hydrogens is 254 g/mol. The molecule has 20 heavy (non-hydrogen) atoms. The van der Waals surface area contributed by atoms with E-state index in [2.05, 4.69) is 11.4 Å². The quantitative estimate of drug-likeness (QED) is 0.886. The van der Waals surface area contributed by atoms with E-state index in [9.17, 15) is 14.7 Å². The van der Waals surface area contributed by atoms with Gasteiger partial charge in [-0.25, -0.2) is 4.79 Å². The summed E-state index contributed by atoms with van der Waals surface area (Å²) in [6.45, 7) is 3.98. The monoisotopic (exact) mass is 275 g/mol. The number of aryl methyl sites for hydroxylation is 2. The van der Waals surface area contributed by atoms with Gasteiger partial charge in [-0.1, -0.05) is 42.2 Å². The molecule has 0 spiro atoms. The van der Waals surface area contributed by atoms with Crippen molar-refractivity contribution in [2.45, 2.75) is 51.5 Å². The molecule has 108 valence electrons. The van der Waals surface area contributed by atoms with Crippen LogP contribution in [0.3, 0.4) is 0 Å². The lowest BCUT2D eigenvalue weighted by atomic mass is 9.97. The molecule has 0 bridgehead atoms. The summed E-state index contributed by atoms with van der Waals surface area (Å²) < 4.78 is 0. The summed E-state index contributed by atoms with van der Waals surface area (Å²) in [6.07, 6.45) is 3.01. The largest absolute Gasteiger partial charge is 0.480 e. The molecule has 4 heteroatoms. The van der Waals surface area contributed by atoms with Gasteiger partial charge in [-0.05, 0) is 32.3 Å². The Morgan fingerprint density at radius 1 is 1.15 bits per heavy atom. The summed E-state index contributed by atoms with van der Waals surface area (Å²) >= 11 is 0. The van der Waals surface area contributed by atoms with Crippen molar-refractivity contribution in [1.29, 1.82) is 0 Å². The van der Waals surface area contributed by atoms with Crippen molar-refractivity contribution >= 4 is 11.9 Å². The first-order chi connectivity index (χ1) is 9.41. The fourth-order valence-corrected chi connectivity index (χ4v) is 3.04. The van der Waals surface area contributed by atoms with E-state index in [1.807, 2.05) is 26.0 Å². The Bertz CT molecular complexity index is 510. The summed E-state index contributed by atoms with van der Waals surface area (Å²) in [4.78, 5) is 23.5. The third-order valence-electron chi connectivity index (χ3n) is 3.89. The minimum absolute atomic E-state index is 0.209. The molecule has 1 aliphatic rings. The summed E-state index contributed by atoms with van der Waals surface area (Å²) in [5.41, 5.74) is 2.11. The highest BCUT2D eigenvalue weighted by Gasteiger charge is 2.42. The molecule has 1 fully saturated rings. The lowest BCUT2D eigenvalue weighted by molar-refractivity contribution is -0.147. The van der Waals surface area contributed by atoms with Crippen molar-refractivity contribution in [3.8, 4) is 0 Å². The molecule has 4 nitrogen and oxygen atoms in total. The molecule has 0 heterocycles. The van der Waals surface area contributed by atoms with E-state index in [1.165, 1.54) is 0 Å². The van der Waals surface area contributed by atoms with Crippen LogP contribution in [-0.2, 0) is 16.0 Å². The first kappa shape index (κ1) is 14.6. The van der Waals surface area contributed by atoms with Gasteiger partial charge in [-0.2, -0.15) is 0 Å². The second kappa shape index (κ2) is 5.65. The van der Waals surface area contributed by atoms with Crippen molar-refractivity contribution in [3.05, 3.63) is 34.9 Å². The molecule has 0 aliphatic heterocycles. The van der Waals surface area contributed by atoms with Crippen LogP contribution in [0.2, 0.25) is 0 Å². The van der Waals surface area contributed by atoms with E-state index < -0.39 is 11.5 Å². The van der Waals surface area contributed by atoms with Gasteiger partial charge >= 0.3 is 5.97 Å². The summed E-state index contributed by atoms with van der Waals surface area (Å²) in [5, 5.41) is 12.1. The first-order valence-electron chi connectivity index (χ1n) is 7.03. The van der Waals surface area contributed by atoms with Crippen molar-refractivity contribution in [2.75, 3.05) is 0 Å². The maximum atomic E-state index is 12.1. The number of carbonyl (C=O) groups excluding carboxylic acids is 1. The van der Waals surface area contributed by atoms with Crippen LogP contribution >= 0.6 is 0 Å². The van der Waals surface area contributed by atoms with Gasteiger partial charge in [-0.15, -0.1) is 0 Å². The van der Waals surface area contributed by atoms with E-state index in [1.54, 1.807) is 0 Å². The highest BCUT2D eigenvalue weighted by atomic mass is 16.4. The van der Waals surface area contributed by atoms with Gasteiger partial charge in [0.15, 0.2) is 0 Å². The number of aliphatic carboxylic acids is 1. The molecule has 0 saturated heterocycles. The molecule has 1 saturated carbocycles. The molecule has 1 aromatic rings. The van der Waals surface area contributed by atoms with Gasteiger partial charge in [0.2, 0.25) is 5.91 Å². The van der Waals surface area contributed by atoms with Gasteiger partial charge in [0.05, 0.1) is 6.42 Å². The number of carboxylic acid groups (broad SMARTS) is 1. The summed E-state index contributed by atoms with van der Waals surface area (Å²) in [5.74, 6) is -1.12. The van der Waals surface area contributed by atoms with Gasteiger partial charge < -0.3 is 10.4 Å². The maximum Gasteiger partial charge on any atom is 0.329 e. The van der Waals surface area contributed by atoms with Gasteiger partial charge in [0, 0.05) is 0 Å². The van der Waals surface area contributed by atoms with Crippen LogP contribution in [0, 0.1) is 13.8 Å². The topological polar surface area (TPSA) is 66.4 Å². The van der Waals surface area contributed by atoms with Gasteiger partial charge in [0.25, 0.3) is 0 Å². The van der Waals surface area contributed by atoms with E-state index in [0.717, 1.165) is 29.5 Å². The van der Waals surface area contributed by atoms with E-state index in [4.69, 9.17) is 0 Å². The molecule has 0 atom stereocenters. The van der Waals surface area contributed by atoms with E-state index in [0.29, 0.717) is 12.8 Å². The minimum Gasteiger partial charge on any atom is -0.480 e. The van der Waals surface area contributed by atoms with Crippen LogP contribution in [0.1, 0.15) is 42.4 Å². The van der Waals surface area contributed by atoms with E-state index >= 15 is 0 Å².